The second kappa shape index (κ2) is 6.00. The fourth-order valence-electron chi connectivity index (χ4n) is 1.53. The summed E-state index contributed by atoms with van der Waals surface area (Å²) in [5.74, 6) is -0.177. The van der Waals surface area contributed by atoms with Crippen LogP contribution in [0.2, 0.25) is 0 Å². The summed E-state index contributed by atoms with van der Waals surface area (Å²) in [6.07, 6.45) is -2.55. The molecular formula is C12H13NO5. The number of carbonyl (C=O) groups is 1. The van der Waals surface area contributed by atoms with Crippen LogP contribution >= 0.6 is 0 Å². The minimum atomic E-state index is -1.40. The fraction of sp³-hybridized carbons (Fsp3) is 0.333. The number of rotatable bonds is 5. The number of phenols is 1. The molecule has 0 aliphatic carbocycles. The van der Waals surface area contributed by atoms with Gasteiger partial charge in [-0.15, -0.1) is 0 Å². The van der Waals surface area contributed by atoms with Crippen molar-refractivity contribution in [2.24, 2.45) is 0 Å². The summed E-state index contributed by atoms with van der Waals surface area (Å²) in [6, 6.07) is 4.10. The summed E-state index contributed by atoms with van der Waals surface area (Å²) < 4.78 is 4.85. The minimum Gasteiger partial charge on any atom is -0.504 e. The van der Waals surface area contributed by atoms with Crippen molar-refractivity contribution in [3.05, 3.63) is 23.3 Å². The summed E-state index contributed by atoms with van der Waals surface area (Å²) in [5.41, 5.74) is 0.125. The normalized spacial score (nSPS) is 13.4. The molecule has 0 saturated heterocycles. The number of benzene rings is 1. The summed E-state index contributed by atoms with van der Waals surface area (Å²) >= 11 is 0. The number of ether oxygens (including phenoxy) is 1. The molecule has 1 rings (SSSR count). The highest BCUT2D eigenvalue weighted by Crippen LogP contribution is 2.33. The van der Waals surface area contributed by atoms with Crippen LogP contribution in [0.25, 0.3) is 0 Å². The van der Waals surface area contributed by atoms with E-state index in [0.29, 0.717) is 6.29 Å². The lowest BCUT2D eigenvalue weighted by atomic mass is 9.97. The molecule has 0 spiro atoms. The Morgan fingerprint density at radius 3 is 2.67 bits per heavy atom. The van der Waals surface area contributed by atoms with Crippen LogP contribution in [-0.4, -0.2) is 34.8 Å². The third kappa shape index (κ3) is 2.77. The second-order valence-corrected chi connectivity index (χ2v) is 3.65. The molecule has 0 saturated carbocycles. The molecule has 3 N–H and O–H groups in total. The SMILES string of the molecule is COc1cc(C(O)C(O)CC#N)c(C=O)cc1O. The number of carbonyl (C=O) groups excluding carboxylic acids is 1. The van der Waals surface area contributed by atoms with Crippen molar-refractivity contribution in [3.63, 3.8) is 0 Å². The molecule has 0 heterocycles. The Kier molecular flexibility index (Phi) is 4.66. The molecule has 1 aromatic carbocycles. The van der Waals surface area contributed by atoms with Crippen molar-refractivity contribution in [1.29, 1.82) is 5.26 Å². The number of hydrogen-bond acceptors (Lipinski definition) is 6. The van der Waals surface area contributed by atoms with Gasteiger partial charge in [0, 0.05) is 5.56 Å². The largest absolute Gasteiger partial charge is 0.504 e. The highest BCUT2D eigenvalue weighted by Gasteiger charge is 2.22. The van der Waals surface area contributed by atoms with Crippen LogP contribution in [0.5, 0.6) is 11.5 Å². The van der Waals surface area contributed by atoms with E-state index in [1.807, 2.05) is 0 Å². The monoisotopic (exact) mass is 251 g/mol. The molecule has 6 nitrogen and oxygen atoms in total. The standard InChI is InChI=1S/C12H13NO5/c1-18-11-5-8(7(6-14)4-10(11)16)12(17)9(15)2-3-13/h4-6,9,12,15-17H,2H2,1H3. The first kappa shape index (κ1) is 14.0. The smallest absolute Gasteiger partial charge is 0.160 e. The number of hydrogen-bond donors (Lipinski definition) is 3. The Hall–Kier alpha value is -2.10. The highest BCUT2D eigenvalue weighted by atomic mass is 16.5. The van der Waals surface area contributed by atoms with Gasteiger partial charge in [0.25, 0.3) is 0 Å². The van der Waals surface area contributed by atoms with E-state index in [4.69, 9.17) is 10.00 Å². The Bertz CT molecular complexity index is 480. The topological polar surface area (TPSA) is 111 Å². The van der Waals surface area contributed by atoms with E-state index >= 15 is 0 Å². The van der Waals surface area contributed by atoms with E-state index in [1.165, 1.54) is 13.2 Å². The zero-order chi connectivity index (χ0) is 13.7. The van der Waals surface area contributed by atoms with E-state index in [9.17, 15) is 20.1 Å². The summed E-state index contributed by atoms with van der Waals surface area (Å²) in [5, 5.41) is 37.3. The van der Waals surface area contributed by atoms with Crippen LogP contribution < -0.4 is 4.74 Å². The third-order valence-electron chi connectivity index (χ3n) is 2.50. The van der Waals surface area contributed by atoms with E-state index in [1.54, 1.807) is 6.07 Å². The predicted octanol–water partition coefficient (Wildman–Crippen LogP) is 0.521. The fourth-order valence-corrected chi connectivity index (χ4v) is 1.53. The van der Waals surface area contributed by atoms with Gasteiger partial charge in [0.05, 0.1) is 25.7 Å². The van der Waals surface area contributed by atoms with Crippen molar-refractivity contribution < 1.29 is 24.9 Å². The number of nitrogens with zero attached hydrogens (tertiary/aromatic N) is 1. The Labute approximate surface area is 104 Å². The molecule has 96 valence electrons. The number of methoxy groups -OCH3 is 1. The quantitative estimate of drug-likeness (QED) is 0.658. The molecule has 0 bridgehead atoms. The van der Waals surface area contributed by atoms with Gasteiger partial charge in [-0.1, -0.05) is 0 Å². The van der Waals surface area contributed by atoms with Gasteiger partial charge in [0.15, 0.2) is 17.8 Å². The van der Waals surface area contributed by atoms with Gasteiger partial charge in [-0.05, 0) is 17.7 Å². The molecule has 0 aromatic heterocycles. The molecule has 0 fully saturated rings. The van der Waals surface area contributed by atoms with Crippen molar-refractivity contribution in [3.8, 4) is 17.6 Å². The zero-order valence-electron chi connectivity index (χ0n) is 9.70. The number of nitriles is 1. The lowest BCUT2D eigenvalue weighted by molar-refractivity contribution is 0.0211. The molecule has 2 unspecified atom stereocenters. The molecule has 2 atom stereocenters. The van der Waals surface area contributed by atoms with Gasteiger partial charge in [-0.2, -0.15) is 5.26 Å². The molecule has 0 amide bonds. The predicted molar refractivity (Wildman–Crippen MR) is 61.2 cm³/mol. The van der Waals surface area contributed by atoms with Crippen molar-refractivity contribution >= 4 is 6.29 Å². The van der Waals surface area contributed by atoms with E-state index < -0.39 is 12.2 Å². The lowest BCUT2D eigenvalue weighted by Crippen LogP contribution is -2.19. The van der Waals surface area contributed by atoms with Crippen LogP contribution in [0.15, 0.2) is 12.1 Å². The third-order valence-corrected chi connectivity index (χ3v) is 2.50. The summed E-state index contributed by atoms with van der Waals surface area (Å²) in [6.45, 7) is 0. The molecule has 6 heteroatoms. The number of aliphatic hydroxyl groups excluding tert-OH is 2. The van der Waals surface area contributed by atoms with Crippen LogP contribution in [0.1, 0.15) is 28.4 Å². The maximum Gasteiger partial charge on any atom is 0.160 e. The molecule has 18 heavy (non-hydrogen) atoms. The van der Waals surface area contributed by atoms with E-state index in [-0.39, 0.29) is 29.0 Å². The van der Waals surface area contributed by atoms with Gasteiger partial charge in [0.1, 0.15) is 6.10 Å². The Balaban J connectivity index is 3.21. The summed E-state index contributed by atoms with van der Waals surface area (Å²) in [7, 11) is 1.32. The maximum atomic E-state index is 10.9. The van der Waals surface area contributed by atoms with Crippen LogP contribution in [0, 0.1) is 11.3 Å². The molecule has 0 aliphatic heterocycles. The van der Waals surface area contributed by atoms with Gasteiger partial charge >= 0.3 is 0 Å². The molecular weight excluding hydrogens is 238 g/mol. The molecule has 0 aliphatic rings. The van der Waals surface area contributed by atoms with Gasteiger partial charge in [-0.25, -0.2) is 0 Å². The van der Waals surface area contributed by atoms with Gasteiger partial charge < -0.3 is 20.1 Å². The van der Waals surface area contributed by atoms with Crippen LogP contribution in [0.3, 0.4) is 0 Å². The number of aliphatic hydroxyl groups is 2. The number of aromatic hydroxyl groups is 1. The van der Waals surface area contributed by atoms with Crippen LogP contribution in [-0.2, 0) is 0 Å². The minimum absolute atomic E-state index is 0.0257. The zero-order valence-corrected chi connectivity index (χ0v) is 9.70. The first-order chi connectivity index (χ1) is 8.54. The maximum absolute atomic E-state index is 10.9. The Morgan fingerprint density at radius 2 is 2.17 bits per heavy atom. The molecule has 1 aromatic rings. The van der Waals surface area contributed by atoms with Crippen molar-refractivity contribution in [2.75, 3.05) is 7.11 Å². The average Bonchev–Trinajstić information content (AvgIpc) is 2.37. The van der Waals surface area contributed by atoms with Crippen LogP contribution in [0.4, 0.5) is 0 Å². The average molecular weight is 251 g/mol. The highest BCUT2D eigenvalue weighted by molar-refractivity contribution is 5.79. The number of phenolic OH excluding ortho intramolecular Hbond substituents is 1. The van der Waals surface area contributed by atoms with E-state index in [2.05, 4.69) is 0 Å². The van der Waals surface area contributed by atoms with Crippen molar-refractivity contribution in [2.45, 2.75) is 18.6 Å². The van der Waals surface area contributed by atoms with Crippen molar-refractivity contribution in [1.82, 2.24) is 0 Å². The first-order valence-electron chi connectivity index (χ1n) is 5.14. The first-order valence-corrected chi connectivity index (χ1v) is 5.14. The molecule has 0 radical (unpaired) electrons. The number of aldehydes is 1. The van der Waals surface area contributed by atoms with Gasteiger partial charge in [0.2, 0.25) is 0 Å². The lowest BCUT2D eigenvalue weighted by Gasteiger charge is -2.18. The van der Waals surface area contributed by atoms with Gasteiger partial charge in [-0.3, -0.25) is 4.79 Å². The summed E-state index contributed by atoms with van der Waals surface area (Å²) in [4.78, 5) is 10.9. The Morgan fingerprint density at radius 1 is 1.50 bits per heavy atom. The van der Waals surface area contributed by atoms with E-state index in [0.717, 1.165) is 6.07 Å². The second-order valence-electron chi connectivity index (χ2n) is 3.65.